The Bertz CT molecular complexity index is 246. The van der Waals surface area contributed by atoms with Gasteiger partial charge in [0.1, 0.15) is 0 Å². The first-order valence-electron chi connectivity index (χ1n) is 4.75. The summed E-state index contributed by atoms with van der Waals surface area (Å²) in [5.74, 6) is -1.12. The molecule has 1 saturated carbocycles. The Morgan fingerprint density at radius 3 is 2.43 bits per heavy atom. The normalized spacial score (nSPS) is 20.7. The minimum Gasteiger partial charge on any atom is -0.481 e. The molecule has 0 aromatic carbocycles. The molecule has 0 aliphatic heterocycles. The monoisotopic (exact) mass is 200 g/mol. The van der Waals surface area contributed by atoms with Crippen LogP contribution in [0.1, 0.15) is 26.2 Å². The van der Waals surface area contributed by atoms with E-state index in [1.807, 2.05) is 0 Å². The van der Waals surface area contributed by atoms with E-state index in [1.54, 1.807) is 6.92 Å². The van der Waals surface area contributed by atoms with E-state index < -0.39 is 17.4 Å². The first-order valence-corrected chi connectivity index (χ1v) is 4.75. The van der Waals surface area contributed by atoms with Gasteiger partial charge in [-0.05, 0) is 19.8 Å². The minimum atomic E-state index is -0.825. The molecule has 0 radical (unpaired) electrons. The van der Waals surface area contributed by atoms with Crippen LogP contribution in [0.5, 0.6) is 0 Å². The molecule has 5 nitrogen and oxygen atoms in total. The molecule has 0 spiro atoms. The molecule has 1 atom stereocenters. The predicted molar refractivity (Wildman–Crippen MR) is 50.6 cm³/mol. The van der Waals surface area contributed by atoms with Crippen molar-refractivity contribution in [2.45, 2.75) is 32.2 Å². The Labute approximate surface area is 82.7 Å². The van der Waals surface area contributed by atoms with Gasteiger partial charge in [0.15, 0.2) is 0 Å². The third-order valence-electron chi connectivity index (χ3n) is 2.78. The number of carbonyl (C=O) groups is 2. The lowest BCUT2D eigenvalue weighted by atomic mass is 9.69. The van der Waals surface area contributed by atoms with E-state index in [0.29, 0.717) is 12.8 Å². The molecule has 1 unspecified atom stereocenters. The number of nitrogens with two attached hydrogens (primary N) is 1. The van der Waals surface area contributed by atoms with Gasteiger partial charge in [-0.3, -0.25) is 9.59 Å². The van der Waals surface area contributed by atoms with E-state index >= 15 is 0 Å². The molecular weight excluding hydrogens is 184 g/mol. The highest BCUT2D eigenvalue weighted by Crippen LogP contribution is 2.40. The van der Waals surface area contributed by atoms with Gasteiger partial charge in [-0.1, -0.05) is 6.42 Å². The highest BCUT2D eigenvalue weighted by Gasteiger charge is 2.44. The van der Waals surface area contributed by atoms with Crippen LogP contribution in [0.2, 0.25) is 0 Å². The number of nitrogens with one attached hydrogen (secondary N) is 1. The summed E-state index contributed by atoms with van der Waals surface area (Å²) < 4.78 is 0. The van der Waals surface area contributed by atoms with Gasteiger partial charge < -0.3 is 16.2 Å². The molecule has 80 valence electrons. The summed E-state index contributed by atoms with van der Waals surface area (Å²) in [5.41, 5.74) is 4.61. The standard InChI is InChI=1S/C9H16N2O3/c1-6(10)7(12)11-5-9(8(13)14)3-2-4-9/h6H,2-5,10H2,1H3,(H,11,12)(H,13,14). The summed E-state index contributed by atoms with van der Waals surface area (Å²) in [6.07, 6.45) is 2.20. The summed E-state index contributed by atoms with van der Waals surface area (Å²) in [5, 5.41) is 11.5. The number of amides is 1. The third-order valence-corrected chi connectivity index (χ3v) is 2.78. The fraction of sp³-hybridized carbons (Fsp3) is 0.778. The number of hydrogen-bond donors (Lipinski definition) is 3. The molecule has 0 saturated heterocycles. The molecule has 14 heavy (non-hydrogen) atoms. The van der Waals surface area contributed by atoms with Crippen molar-refractivity contribution in [3.63, 3.8) is 0 Å². The Kier molecular flexibility index (Phi) is 3.10. The number of hydrogen-bond acceptors (Lipinski definition) is 3. The first-order chi connectivity index (χ1) is 6.48. The average molecular weight is 200 g/mol. The molecule has 0 heterocycles. The summed E-state index contributed by atoms with van der Waals surface area (Å²) in [7, 11) is 0. The van der Waals surface area contributed by atoms with Crippen LogP contribution in [-0.2, 0) is 9.59 Å². The van der Waals surface area contributed by atoms with Gasteiger partial charge in [-0.2, -0.15) is 0 Å². The van der Waals surface area contributed by atoms with Gasteiger partial charge in [-0.15, -0.1) is 0 Å². The van der Waals surface area contributed by atoms with Crippen molar-refractivity contribution >= 4 is 11.9 Å². The zero-order valence-corrected chi connectivity index (χ0v) is 8.25. The van der Waals surface area contributed by atoms with E-state index in [1.165, 1.54) is 0 Å². The summed E-state index contributed by atoms with van der Waals surface area (Å²) in [4.78, 5) is 22.0. The van der Waals surface area contributed by atoms with Crippen molar-refractivity contribution in [2.75, 3.05) is 6.54 Å². The number of carboxylic acids is 1. The lowest BCUT2D eigenvalue weighted by Crippen LogP contribution is -2.50. The van der Waals surface area contributed by atoms with Crippen LogP contribution in [0.15, 0.2) is 0 Å². The smallest absolute Gasteiger partial charge is 0.311 e. The van der Waals surface area contributed by atoms with Crippen molar-refractivity contribution in [2.24, 2.45) is 11.1 Å². The van der Waals surface area contributed by atoms with Crippen LogP contribution in [-0.4, -0.2) is 29.6 Å². The maximum atomic E-state index is 11.1. The van der Waals surface area contributed by atoms with E-state index in [2.05, 4.69) is 5.32 Å². The number of aliphatic carboxylic acids is 1. The molecule has 1 fully saturated rings. The van der Waals surface area contributed by atoms with Crippen molar-refractivity contribution in [3.8, 4) is 0 Å². The quantitative estimate of drug-likeness (QED) is 0.581. The third kappa shape index (κ3) is 2.04. The molecule has 0 aromatic rings. The molecule has 1 rings (SSSR count). The Morgan fingerprint density at radius 1 is 1.57 bits per heavy atom. The summed E-state index contributed by atoms with van der Waals surface area (Å²) >= 11 is 0. The summed E-state index contributed by atoms with van der Waals surface area (Å²) in [6, 6.07) is -0.582. The van der Waals surface area contributed by atoms with Crippen molar-refractivity contribution in [1.29, 1.82) is 0 Å². The number of carboxylic acid groups (broad SMARTS) is 1. The van der Waals surface area contributed by atoms with Crippen LogP contribution >= 0.6 is 0 Å². The SMILES string of the molecule is CC(N)C(=O)NCC1(C(=O)O)CCC1. The lowest BCUT2D eigenvalue weighted by molar-refractivity contribution is -0.154. The van der Waals surface area contributed by atoms with Crippen molar-refractivity contribution in [3.05, 3.63) is 0 Å². The lowest BCUT2D eigenvalue weighted by Gasteiger charge is -2.37. The van der Waals surface area contributed by atoms with Gasteiger partial charge >= 0.3 is 5.97 Å². The highest BCUT2D eigenvalue weighted by atomic mass is 16.4. The first kappa shape index (κ1) is 11.0. The molecule has 0 bridgehead atoms. The fourth-order valence-corrected chi connectivity index (χ4v) is 1.49. The highest BCUT2D eigenvalue weighted by molar-refractivity contribution is 5.82. The molecule has 4 N–H and O–H groups in total. The van der Waals surface area contributed by atoms with E-state index in [4.69, 9.17) is 10.8 Å². The number of carbonyl (C=O) groups excluding carboxylic acids is 1. The molecule has 0 aromatic heterocycles. The zero-order valence-electron chi connectivity index (χ0n) is 8.25. The van der Waals surface area contributed by atoms with Gasteiger partial charge in [0, 0.05) is 6.54 Å². The van der Waals surface area contributed by atoms with Crippen LogP contribution in [0.3, 0.4) is 0 Å². The average Bonchev–Trinajstić information content (AvgIpc) is 2.00. The van der Waals surface area contributed by atoms with Crippen LogP contribution in [0.4, 0.5) is 0 Å². The Balaban J connectivity index is 2.43. The second kappa shape index (κ2) is 3.96. The molecule has 5 heteroatoms. The second-order valence-electron chi connectivity index (χ2n) is 3.95. The second-order valence-corrected chi connectivity index (χ2v) is 3.95. The van der Waals surface area contributed by atoms with Crippen molar-refractivity contribution in [1.82, 2.24) is 5.32 Å². The van der Waals surface area contributed by atoms with Gasteiger partial charge in [0.2, 0.25) is 5.91 Å². The Morgan fingerprint density at radius 2 is 2.14 bits per heavy atom. The van der Waals surface area contributed by atoms with Crippen LogP contribution in [0, 0.1) is 5.41 Å². The largest absolute Gasteiger partial charge is 0.481 e. The number of rotatable bonds is 4. The van der Waals surface area contributed by atoms with E-state index in [0.717, 1.165) is 6.42 Å². The maximum Gasteiger partial charge on any atom is 0.311 e. The maximum absolute atomic E-state index is 11.1. The fourth-order valence-electron chi connectivity index (χ4n) is 1.49. The van der Waals surface area contributed by atoms with Gasteiger partial charge in [-0.25, -0.2) is 0 Å². The van der Waals surface area contributed by atoms with Gasteiger partial charge in [0.05, 0.1) is 11.5 Å². The van der Waals surface area contributed by atoms with Gasteiger partial charge in [0.25, 0.3) is 0 Å². The molecule has 1 aliphatic carbocycles. The molecule has 1 amide bonds. The van der Waals surface area contributed by atoms with Crippen LogP contribution in [0.25, 0.3) is 0 Å². The topological polar surface area (TPSA) is 92.4 Å². The van der Waals surface area contributed by atoms with Crippen molar-refractivity contribution < 1.29 is 14.7 Å². The zero-order chi connectivity index (χ0) is 10.8. The molecular formula is C9H16N2O3. The van der Waals surface area contributed by atoms with E-state index in [9.17, 15) is 9.59 Å². The van der Waals surface area contributed by atoms with Crippen LogP contribution < -0.4 is 11.1 Å². The predicted octanol–water partition coefficient (Wildman–Crippen LogP) is -0.295. The minimum absolute atomic E-state index is 0.197. The Hall–Kier alpha value is -1.10. The summed E-state index contributed by atoms with van der Waals surface area (Å²) in [6.45, 7) is 1.77. The van der Waals surface area contributed by atoms with E-state index in [-0.39, 0.29) is 12.5 Å². The molecule has 1 aliphatic rings.